The maximum absolute atomic E-state index is 5.07. The van der Waals surface area contributed by atoms with E-state index in [9.17, 15) is 0 Å². The molecule has 0 spiro atoms. The number of aryl methyl sites for hydroxylation is 1. The normalized spacial score (nSPS) is 14.9. The summed E-state index contributed by atoms with van der Waals surface area (Å²) in [6.45, 7) is 9.29. The molecule has 344 valence electrons. The Hall–Kier alpha value is -8.47. The zero-order valence-corrected chi connectivity index (χ0v) is 40.8. The molecule has 1 atom stereocenters. The topological polar surface area (TPSA) is 41.9 Å². The fourth-order valence-electron chi connectivity index (χ4n) is 10.5. The third-order valence-electron chi connectivity index (χ3n) is 14.3. The standard InChI is InChI=1S/C67H56N4/c1-46-43-59-58-35-20-21-36-60(58)67(3,4)61(59)45-62(46)71(55-40-38-54(39-41-55)66-69-64(52-30-16-8-17-31-52)68-65(70-66)53-32-18-9-19-33-53)56-34-22-23-48(44-56)37-42-57(50-26-12-6-13-27-50)63(51-28-14-7-15-29-51)47(2)49-24-10-5-11-25-49/h5-24,26-36,38-45,49H,25,37H2,1-4H3/b57-42-,63-47+. The van der Waals surface area contributed by atoms with Crippen molar-refractivity contribution in [1.29, 1.82) is 0 Å². The fourth-order valence-corrected chi connectivity index (χ4v) is 10.5. The molecule has 0 fully saturated rings. The molecular weight excluding hydrogens is 861 g/mol. The smallest absolute Gasteiger partial charge is 0.164 e. The summed E-state index contributed by atoms with van der Waals surface area (Å²) in [5.41, 5.74) is 20.0. The number of nitrogens with zero attached hydrogens (tertiary/aromatic N) is 4. The molecule has 0 amide bonds. The minimum atomic E-state index is -0.165. The summed E-state index contributed by atoms with van der Waals surface area (Å²) in [6.07, 6.45) is 13.2. The molecule has 0 N–H and O–H groups in total. The van der Waals surface area contributed by atoms with Gasteiger partial charge in [0.05, 0.1) is 0 Å². The lowest BCUT2D eigenvalue weighted by Gasteiger charge is -2.30. The second kappa shape index (κ2) is 19.5. The molecular formula is C67H56N4. The van der Waals surface area contributed by atoms with Crippen molar-refractivity contribution in [1.82, 2.24) is 15.0 Å². The van der Waals surface area contributed by atoms with Gasteiger partial charge in [-0.3, -0.25) is 0 Å². The molecule has 2 aliphatic carbocycles. The molecule has 4 nitrogen and oxygen atoms in total. The van der Waals surface area contributed by atoms with E-state index >= 15 is 0 Å². The number of rotatable bonds is 12. The predicted octanol–water partition coefficient (Wildman–Crippen LogP) is 17.2. The van der Waals surface area contributed by atoms with Gasteiger partial charge in [-0.2, -0.15) is 0 Å². The van der Waals surface area contributed by atoms with Gasteiger partial charge in [-0.05, 0) is 131 Å². The van der Waals surface area contributed by atoms with Gasteiger partial charge in [0.1, 0.15) is 0 Å². The Bertz CT molecular complexity index is 3440. The van der Waals surface area contributed by atoms with Crippen LogP contribution in [-0.2, 0) is 11.8 Å². The SMILES string of the molecule is C/C(=C(\C(=C/Cc1cccc(N(c2ccc(-c3nc(-c4ccccc4)nc(-c4ccccc4)n3)cc2)c2cc3c(cc2C)-c2ccccc2C3(C)C)c1)c1ccccc1)c1ccccc1)C1C=CC=CC1. The number of benzene rings is 8. The summed E-state index contributed by atoms with van der Waals surface area (Å²) >= 11 is 0. The first-order valence-electron chi connectivity index (χ1n) is 24.8. The summed E-state index contributed by atoms with van der Waals surface area (Å²) in [5, 5.41) is 0. The molecule has 2 aliphatic rings. The van der Waals surface area contributed by atoms with E-state index in [2.05, 4.69) is 209 Å². The largest absolute Gasteiger partial charge is 0.310 e. The van der Waals surface area contributed by atoms with Crippen molar-refractivity contribution >= 4 is 28.2 Å². The molecule has 0 bridgehead atoms. The first kappa shape index (κ1) is 45.0. The number of fused-ring (bicyclic) bond motifs is 3. The highest BCUT2D eigenvalue weighted by atomic mass is 15.1. The Morgan fingerprint density at radius 2 is 1.13 bits per heavy atom. The van der Waals surface area contributed by atoms with E-state index in [1.807, 2.05) is 60.7 Å². The molecule has 11 rings (SSSR count). The zero-order valence-electron chi connectivity index (χ0n) is 40.8. The second-order valence-electron chi connectivity index (χ2n) is 19.2. The number of anilines is 3. The van der Waals surface area contributed by atoms with Crippen molar-refractivity contribution in [2.24, 2.45) is 5.92 Å². The molecule has 1 heterocycles. The first-order chi connectivity index (χ1) is 34.8. The van der Waals surface area contributed by atoms with Gasteiger partial charge >= 0.3 is 0 Å². The molecule has 8 aromatic carbocycles. The van der Waals surface area contributed by atoms with Crippen molar-refractivity contribution in [3.05, 3.63) is 276 Å². The Kier molecular flexibility index (Phi) is 12.4. The van der Waals surface area contributed by atoms with Gasteiger partial charge in [0.25, 0.3) is 0 Å². The lowest BCUT2D eigenvalue weighted by atomic mass is 9.82. The highest BCUT2D eigenvalue weighted by Gasteiger charge is 2.36. The molecule has 0 aliphatic heterocycles. The summed E-state index contributed by atoms with van der Waals surface area (Å²) in [5.74, 6) is 2.23. The van der Waals surface area contributed by atoms with E-state index in [1.54, 1.807) is 0 Å². The van der Waals surface area contributed by atoms with Crippen LogP contribution in [0.3, 0.4) is 0 Å². The van der Waals surface area contributed by atoms with Gasteiger partial charge < -0.3 is 4.90 Å². The highest BCUT2D eigenvalue weighted by Crippen LogP contribution is 2.52. The van der Waals surface area contributed by atoms with E-state index in [0.29, 0.717) is 23.4 Å². The van der Waals surface area contributed by atoms with E-state index in [4.69, 9.17) is 15.0 Å². The quantitative estimate of drug-likeness (QED) is 0.115. The summed E-state index contributed by atoms with van der Waals surface area (Å²) < 4.78 is 0. The lowest BCUT2D eigenvalue weighted by molar-refractivity contribution is 0.660. The van der Waals surface area contributed by atoms with Crippen LogP contribution >= 0.6 is 0 Å². The number of aromatic nitrogens is 3. The minimum absolute atomic E-state index is 0.165. The van der Waals surface area contributed by atoms with Crippen LogP contribution in [0.1, 0.15) is 60.6 Å². The predicted molar refractivity (Wildman–Crippen MR) is 297 cm³/mol. The van der Waals surface area contributed by atoms with Crippen LogP contribution in [0.4, 0.5) is 17.1 Å². The maximum Gasteiger partial charge on any atom is 0.164 e. The van der Waals surface area contributed by atoms with Crippen LogP contribution in [0.2, 0.25) is 0 Å². The Labute approximate surface area is 418 Å². The van der Waals surface area contributed by atoms with E-state index in [0.717, 1.165) is 46.6 Å². The average molecular weight is 917 g/mol. The fraction of sp³-hybridized carbons (Fsp3) is 0.119. The van der Waals surface area contributed by atoms with Gasteiger partial charge in [0, 0.05) is 45.1 Å². The number of hydrogen-bond acceptors (Lipinski definition) is 4. The zero-order chi connectivity index (χ0) is 48.3. The van der Waals surface area contributed by atoms with Crippen LogP contribution in [0, 0.1) is 12.8 Å². The molecule has 0 saturated heterocycles. The number of hydrogen-bond donors (Lipinski definition) is 0. The van der Waals surface area contributed by atoms with Crippen molar-refractivity contribution < 1.29 is 0 Å². The third kappa shape index (κ3) is 9.01. The van der Waals surface area contributed by atoms with Crippen molar-refractivity contribution in [2.45, 2.75) is 46.0 Å². The molecule has 9 aromatic rings. The maximum atomic E-state index is 5.07. The Morgan fingerprint density at radius 3 is 1.75 bits per heavy atom. The van der Waals surface area contributed by atoms with Crippen molar-refractivity contribution in [3.8, 4) is 45.3 Å². The Morgan fingerprint density at radius 1 is 0.549 bits per heavy atom. The van der Waals surface area contributed by atoms with Crippen LogP contribution in [0.5, 0.6) is 0 Å². The first-order valence-corrected chi connectivity index (χ1v) is 24.8. The molecule has 1 unspecified atom stereocenters. The van der Waals surface area contributed by atoms with Crippen molar-refractivity contribution in [3.63, 3.8) is 0 Å². The van der Waals surface area contributed by atoms with Crippen LogP contribution in [-0.4, -0.2) is 15.0 Å². The molecule has 0 radical (unpaired) electrons. The molecule has 4 heteroatoms. The molecule has 0 saturated carbocycles. The summed E-state index contributed by atoms with van der Waals surface area (Å²) in [7, 11) is 0. The van der Waals surface area contributed by atoms with Gasteiger partial charge in [0.15, 0.2) is 17.5 Å². The van der Waals surface area contributed by atoms with E-state index in [1.165, 1.54) is 61.2 Å². The Balaban J connectivity index is 1.03. The van der Waals surface area contributed by atoms with Crippen molar-refractivity contribution in [2.75, 3.05) is 4.90 Å². The van der Waals surface area contributed by atoms with Crippen LogP contribution < -0.4 is 4.90 Å². The van der Waals surface area contributed by atoms with Crippen LogP contribution in [0.25, 0.3) is 56.4 Å². The second-order valence-corrected chi connectivity index (χ2v) is 19.2. The van der Waals surface area contributed by atoms with Gasteiger partial charge in [-0.15, -0.1) is 0 Å². The van der Waals surface area contributed by atoms with Gasteiger partial charge in [-0.25, -0.2) is 15.0 Å². The lowest BCUT2D eigenvalue weighted by Crippen LogP contribution is -2.17. The monoisotopic (exact) mass is 916 g/mol. The summed E-state index contributed by atoms with van der Waals surface area (Å²) in [6, 6.07) is 73.7. The number of allylic oxidation sites excluding steroid dienone is 8. The van der Waals surface area contributed by atoms with Gasteiger partial charge in [-0.1, -0.05) is 208 Å². The average Bonchev–Trinajstić information content (AvgIpc) is 3.65. The van der Waals surface area contributed by atoms with E-state index < -0.39 is 0 Å². The molecule has 1 aromatic heterocycles. The van der Waals surface area contributed by atoms with Crippen LogP contribution in [0.15, 0.2) is 242 Å². The summed E-state index contributed by atoms with van der Waals surface area (Å²) in [4.78, 5) is 17.5. The highest BCUT2D eigenvalue weighted by molar-refractivity contribution is 6.06. The minimum Gasteiger partial charge on any atom is -0.310 e. The van der Waals surface area contributed by atoms with E-state index in [-0.39, 0.29) is 5.41 Å². The molecule has 71 heavy (non-hydrogen) atoms. The third-order valence-corrected chi connectivity index (χ3v) is 14.3. The van der Waals surface area contributed by atoms with Gasteiger partial charge in [0.2, 0.25) is 0 Å².